The summed E-state index contributed by atoms with van der Waals surface area (Å²) in [6, 6.07) is 22.0. The zero-order valence-corrected chi connectivity index (χ0v) is 19.1. The number of halogens is 1. The number of carbonyl (C=O) groups is 2. The molecule has 0 aromatic heterocycles. The quantitative estimate of drug-likeness (QED) is 0.306. The van der Waals surface area contributed by atoms with Gasteiger partial charge in [-0.05, 0) is 75.8 Å². The lowest BCUT2D eigenvalue weighted by Gasteiger charge is -2.09. The van der Waals surface area contributed by atoms with Crippen LogP contribution in [0.3, 0.4) is 0 Å². The molecule has 3 aromatic carbocycles. The van der Waals surface area contributed by atoms with E-state index in [1.165, 1.54) is 6.08 Å². The van der Waals surface area contributed by atoms with E-state index in [9.17, 15) is 14.7 Å². The first-order chi connectivity index (χ1) is 14.9. The van der Waals surface area contributed by atoms with Crippen LogP contribution in [0.4, 0.5) is 0 Å². The number of thioether (sulfide) groups is 1. The fraction of sp³-hybridized carbons (Fsp3) is 0.0833. The number of carbonyl (C=O) groups excluding carboxylic acids is 1. The van der Waals surface area contributed by atoms with Crippen LogP contribution in [-0.2, 0) is 16.0 Å². The molecule has 0 spiro atoms. The van der Waals surface area contributed by atoms with Crippen LogP contribution < -0.4 is 10.1 Å². The van der Waals surface area contributed by atoms with Crippen molar-refractivity contribution in [1.82, 2.24) is 5.32 Å². The van der Waals surface area contributed by atoms with E-state index in [0.717, 1.165) is 14.9 Å². The molecule has 0 saturated carbocycles. The summed E-state index contributed by atoms with van der Waals surface area (Å²) in [7, 11) is 0. The highest BCUT2D eigenvalue weighted by Gasteiger charge is 2.12. The summed E-state index contributed by atoms with van der Waals surface area (Å²) in [5, 5.41) is 12.0. The number of hydrogen-bond acceptors (Lipinski definition) is 4. The average molecular weight is 498 g/mol. The maximum atomic E-state index is 12.3. The Labute approximate surface area is 193 Å². The Morgan fingerprint density at radius 1 is 1.03 bits per heavy atom. The second-order valence-corrected chi connectivity index (χ2v) is 8.27. The van der Waals surface area contributed by atoms with Gasteiger partial charge in [-0.15, -0.1) is 11.8 Å². The zero-order chi connectivity index (χ0) is 22.2. The molecule has 1 amide bonds. The normalized spacial score (nSPS) is 11.1. The minimum Gasteiger partial charge on any atom is -0.477 e. The lowest BCUT2D eigenvalue weighted by Crippen LogP contribution is -2.28. The molecule has 0 radical (unpaired) electrons. The number of hydrogen-bond donors (Lipinski definition) is 2. The van der Waals surface area contributed by atoms with Crippen LogP contribution >= 0.6 is 27.7 Å². The van der Waals surface area contributed by atoms with Crippen molar-refractivity contribution < 1.29 is 19.4 Å². The fourth-order valence-electron chi connectivity index (χ4n) is 2.73. The zero-order valence-electron chi connectivity index (χ0n) is 16.7. The Morgan fingerprint density at radius 3 is 2.32 bits per heavy atom. The van der Waals surface area contributed by atoms with Gasteiger partial charge in [0.05, 0.1) is 10.9 Å². The summed E-state index contributed by atoms with van der Waals surface area (Å²) in [5.74, 6) is -0.312. The van der Waals surface area contributed by atoms with Crippen LogP contribution in [0.15, 0.2) is 87.9 Å². The van der Waals surface area contributed by atoms with E-state index in [4.69, 9.17) is 4.74 Å². The molecule has 0 unspecified atom stereocenters. The SMILES string of the molecule is CSc1ccc(CC(=O)NC(=Cc2ccc(Oc3ccccc3Br)cc2)C(=O)O)cc1. The van der Waals surface area contributed by atoms with Gasteiger partial charge in [0, 0.05) is 4.90 Å². The first-order valence-electron chi connectivity index (χ1n) is 9.35. The molecule has 0 heterocycles. The summed E-state index contributed by atoms with van der Waals surface area (Å²) in [5.41, 5.74) is 1.25. The molecule has 7 heteroatoms. The third kappa shape index (κ3) is 6.73. The number of aliphatic carboxylic acids is 1. The van der Waals surface area contributed by atoms with Gasteiger partial charge in [-0.1, -0.05) is 36.4 Å². The summed E-state index contributed by atoms with van der Waals surface area (Å²) < 4.78 is 6.64. The highest BCUT2D eigenvalue weighted by molar-refractivity contribution is 9.10. The standard InChI is InChI=1S/C24H20BrNO4S/c1-31-19-12-8-17(9-13-19)15-23(27)26-21(24(28)29)14-16-6-10-18(11-7-16)30-22-5-3-2-4-20(22)25/h2-14H,15H2,1H3,(H,26,27)(H,28,29). The van der Waals surface area contributed by atoms with E-state index in [1.54, 1.807) is 36.0 Å². The second-order valence-electron chi connectivity index (χ2n) is 6.54. The Bertz CT molecular complexity index is 1100. The van der Waals surface area contributed by atoms with Crippen LogP contribution in [-0.4, -0.2) is 23.2 Å². The van der Waals surface area contributed by atoms with Crippen LogP contribution in [0.1, 0.15) is 11.1 Å². The Balaban J connectivity index is 1.67. The van der Waals surface area contributed by atoms with E-state index in [2.05, 4.69) is 21.2 Å². The Kier molecular flexibility index (Phi) is 7.92. The van der Waals surface area contributed by atoms with Gasteiger partial charge >= 0.3 is 5.97 Å². The first-order valence-corrected chi connectivity index (χ1v) is 11.4. The Hall–Kier alpha value is -3.03. The van der Waals surface area contributed by atoms with Crippen molar-refractivity contribution in [3.8, 4) is 11.5 Å². The van der Waals surface area contributed by atoms with Gasteiger partial charge in [-0.25, -0.2) is 4.79 Å². The molecule has 0 aliphatic carbocycles. The van der Waals surface area contributed by atoms with Gasteiger partial charge in [-0.2, -0.15) is 0 Å². The highest BCUT2D eigenvalue weighted by atomic mass is 79.9. The molecule has 3 rings (SSSR count). The van der Waals surface area contributed by atoms with Gasteiger partial charge in [0.2, 0.25) is 5.91 Å². The van der Waals surface area contributed by atoms with Crippen molar-refractivity contribution in [1.29, 1.82) is 0 Å². The summed E-state index contributed by atoms with van der Waals surface area (Å²) in [6.07, 6.45) is 3.49. The van der Waals surface area contributed by atoms with Crippen molar-refractivity contribution in [3.63, 3.8) is 0 Å². The van der Waals surface area contributed by atoms with Gasteiger partial charge in [0.1, 0.15) is 17.2 Å². The molecule has 0 saturated heterocycles. The van der Waals surface area contributed by atoms with Gasteiger partial charge in [0.25, 0.3) is 0 Å². The van der Waals surface area contributed by atoms with E-state index >= 15 is 0 Å². The Morgan fingerprint density at radius 2 is 1.71 bits per heavy atom. The van der Waals surface area contributed by atoms with E-state index in [1.807, 2.05) is 54.8 Å². The maximum Gasteiger partial charge on any atom is 0.352 e. The number of ether oxygens (including phenoxy) is 1. The average Bonchev–Trinajstić information content (AvgIpc) is 2.76. The predicted octanol–water partition coefficient (Wildman–Crippen LogP) is 5.75. The van der Waals surface area contributed by atoms with Crippen LogP contribution in [0, 0.1) is 0 Å². The summed E-state index contributed by atoms with van der Waals surface area (Å²) in [6.45, 7) is 0. The number of para-hydroxylation sites is 1. The molecule has 0 aliphatic rings. The molecular weight excluding hydrogens is 478 g/mol. The van der Waals surface area contributed by atoms with Crippen molar-refractivity contribution in [2.24, 2.45) is 0 Å². The third-order valence-electron chi connectivity index (χ3n) is 4.28. The molecule has 158 valence electrons. The lowest BCUT2D eigenvalue weighted by atomic mass is 10.1. The largest absolute Gasteiger partial charge is 0.477 e. The van der Waals surface area contributed by atoms with Crippen LogP contribution in [0.2, 0.25) is 0 Å². The highest BCUT2D eigenvalue weighted by Crippen LogP contribution is 2.29. The molecule has 0 fully saturated rings. The second kappa shape index (κ2) is 10.8. The lowest BCUT2D eigenvalue weighted by molar-refractivity contribution is -0.134. The number of carboxylic acid groups (broad SMARTS) is 1. The van der Waals surface area contributed by atoms with E-state index in [-0.39, 0.29) is 18.0 Å². The molecule has 5 nitrogen and oxygen atoms in total. The fourth-order valence-corrected chi connectivity index (χ4v) is 3.50. The van der Waals surface area contributed by atoms with Crippen LogP contribution in [0.5, 0.6) is 11.5 Å². The molecular formula is C24H20BrNO4S. The first kappa shape index (κ1) is 22.7. The number of nitrogens with one attached hydrogen (secondary N) is 1. The van der Waals surface area contributed by atoms with E-state index in [0.29, 0.717) is 17.1 Å². The van der Waals surface area contributed by atoms with Gasteiger partial charge in [0.15, 0.2) is 0 Å². The topological polar surface area (TPSA) is 75.6 Å². The monoisotopic (exact) mass is 497 g/mol. The molecule has 3 aromatic rings. The van der Waals surface area contributed by atoms with E-state index < -0.39 is 5.97 Å². The summed E-state index contributed by atoms with van der Waals surface area (Å²) >= 11 is 5.04. The van der Waals surface area contributed by atoms with Crippen molar-refractivity contribution >= 4 is 45.6 Å². The third-order valence-corrected chi connectivity index (χ3v) is 5.68. The number of amides is 1. The molecule has 0 atom stereocenters. The molecule has 0 bridgehead atoms. The number of rotatable bonds is 8. The minimum absolute atomic E-state index is 0.0953. The van der Waals surface area contributed by atoms with Crippen molar-refractivity contribution in [3.05, 3.63) is 94.1 Å². The molecule has 31 heavy (non-hydrogen) atoms. The number of carboxylic acids is 1. The van der Waals surface area contributed by atoms with Crippen molar-refractivity contribution in [2.45, 2.75) is 11.3 Å². The molecule has 0 aliphatic heterocycles. The summed E-state index contributed by atoms with van der Waals surface area (Å²) in [4.78, 5) is 25.0. The minimum atomic E-state index is -1.21. The predicted molar refractivity (Wildman–Crippen MR) is 126 cm³/mol. The van der Waals surface area contributed by atoms with Crippen molar-refractivity contribution in [2.75, 3.05) is 6.26 Å². The van der Waals surface area contributed by atoms with Gasteiger partial charge < -0.3 is 15.2 Å². The van der Waals surface area contributed by atoms with Gasteiger partial charge in [-0.3, -0.25) is 4.79 Å². The van der Waals surface area contributed by atoms with Crippen LogP contribution in [0.25, 0.3) is 6.08 Å². The smallest absolute Gasteiger partial charge is 0.352 e. The molecule has 2 N–H and O–H groups in total. The number of benzene rings is 3. The maximum absolute atomic E-state index is 12.3.